The van der Waals surface area contributed by atoms with E-state index < -0.39 is 10.0 Å². The van der Waals surface area contributed by atoms with Gasteiger partial charge >= 0.3 is 0 Å². The van der Waals surface area contributed by atoms with Gasteiger partial charge in [-0.3, -0.25) is 4.79 Å². The Labute approximate surface area is 152 Å². The number of benzene rings is 2. The average Bonchev–Trinajstić information content (AvgIpc) is 2.60. The molecule has 25 heavy (non-hydrogen) atoms. The van der Waals surface area contributed by atoms with Crippen molar-refractivity contribution in [3.05, 3.63) is 64.7 Å². The van der Waals surface area contributed by atoms with Crippen LogP contribution in [0.15, 0.2) is 48.5 Å². The van der Waals surface area contributed by atoms with Gasteiger partial charge in [0.2, 0.25) is 15.9 Å². The van der Waals surface area contributed by atoms with Crippen LogP contribution in [0.25, 0.3) is 0 Å². The number of hydrogen-bond acceptors (Lipinski definition) is 3. The zero-order chi connectivity index (χ0) is 17.9. The summed E-state index contributed by atoms with van der Waals surface area (Å²) in [5.74, 6) is -0.551. The maximum atomic E-state index is 12.5. The summed E-state index contributed by atoms with van der Waals surface area (Å²) in [4.78, 5) is 12.0. The highest BCUT2D eigenvalue weighted by Crippen LogP contribution is 2.21. The number of fused-ring (bicyclic) bond motifs is 1. The minimum absolute atomic E-state index is 0.0903. The molecule has 1 N–H and O–H groups in total. The van der Waals surface area contributed by atoms with Crippen molar-refractivity contribution in [1.82, 2.24) is 4.31 Å². The van der Waals surface area contributed by atoms with E-state index in [-0.39, 0.29) is 18.1 Å². The van der Waals surface area contributed by atoms with Crippen molar-refractivity contribution in [2.75, 3.05) is 17.6 Å². The van der Waals surface area contributed by atoms with Gasteiger partial charge < -0.3 is 5.32 Å². The fraction of sp³-hybridized carbons (Fsp3) is 0.278. The number of carbonyl (C=O) groups excluding carboxylic acids is 1. The van der Waals surface area contributed by atoms with Crippen molar-refractivity contribution in [2.24, 2.45) is 0 Å². The molecule has 1 aliphatic heterocycles. The molecule has 0 saturated carbocycles. The van der Waals surface area contributed by atoms with E-state index in [4.69, 9.17) is 11.6 Å². The number of nitrogens with zero attached hydrogens (tertiary/aromatic N) is 1. The molecule has 1 aliphatic rings. The summed E-state index contributed by atoms with van der Waals surface area (Å²) in [5.41, 5.74) is 2.77. The van der Waals surface area contributed by atoms with Crippen molar-refractivity contribution in [3.63, 3.8) is 0 Å². The zero-order valence-corrected chi connectivity index (χ0v) is 15.2. The van der Waals surface area contributed by atoms with Crippen LogP contribution in [0.5, 0.6) is 0 Å². The summed E-state index contributed by atoms with van der Waals surface area (Å²) in [5, 5.41) is 3.18. The lowest BCUT2D eigenvalue weighted by atomic mass is 10.0. The number of nitrogens with one attached hydrogen (secondary N) is 1. The highest BCUT2D eigenvalue weighted by molar-refractivity contribution is 7.89. The number of amides is 1. The fourth-order valence-corrected chi connectivity index (χ4v) is 4.44. The quantitative estimate of drug-likeness (QED) is 0.869. The van der Waals surface area contributed by atoms with E-state index >= 15 is 0 Å². The van der Waals surface area contributed by atoms with Crippen molar-refractivity contribution in [3.8, 4) is 0 Å². The lowest BCUT2D eigenvalue weighted by Crippen LogP contribution is -2.38. The molecule has 7 heteroatoms. The van der Waals surface area contributed by atoms with Crippen molar-refractivity contribution in [1.29, 1.82) is 0 Å². The molecule has 2 aromatic carbocycles. The van der Waals surface area contributed by atoms with E-state index in [0.717, 1.165) is 5.56 Å². The summed E-state index contributed by atoms with van der Waals surface area (Å²) in [6.45, 7) is 0.823. The molecule has 2 aromatic rings. The van der Waals surface area contributed by atoms with Crippen LogP contribution in [0.2, 0.25) is 5.02 Å². The molecule has 0 unspecified atom stereocenters. The van der Waals surface area contributed by atoms with Gasteiger partial charge in [-0.15, -0.1) is 0 Å². The Hall–Kier alpha value is -1.89. The predicted molar refractivity (Wildman–Crippen MR) is 99.0 cm³/mol. The number of sulfonamides is 1. The molecule has 1 heterocycles. The number of anilines is 1. The Balaban J connectivity index is 1.58. The molecule has 0 atom stereocenters. The van der Waals surface area contributed by atoms with Gasteiger partial charge in [0, 0.05) is 30.2 Å². The summed E-state index contributed by atoms with van der Waals surface area (Å²) in [6, 6.07) is 14.6. The second kappa shape index (κ2) is 7.56. The Kier molecular flexibility index (Phi) is 5.42. The Morgan fingerprint density at radius 2 is 1.88 bits per heavy atom. The molecule has 0 bridgehead atoms. The topological polar surface area (TPSA) is 66.5 Å². The van der Waals surface area contributed by atoms with Gasteiger partial charge in [-0.2, -0.15) is 4.31 Å². The molecule has 3 rings (SSSR count). The second-order valence-electron chi connectivity index (χ2n) is 5.98. The Morgan fingerprint density at radius 3 is 2.64 bits per heavy atom. The van der Waals surface area contributed by atoms with Crippen molar-refractivity contribution < 1.29 is 13.2 Å². The van der Waals surface area contributed by atoms with E-state index in [9.17, 15) is 13.2 Å². The van der Waals surface area contributed by atoms with Crippen LogP contribution in [0.3, 0.4) is 0 Å². The van der Waals surface area contributed by atoms with Crippen LogP contribution in [0, 0.1) is 0 Å². The minimum atomic E-state index is -3.48. The molecule has 1 amide bonds. The molecular formula is C18H19ClN2O3S. The first kappa shape index (κ1) is 17.9. The number of halogens is 1. The summed E-state index contributed by atoms with van der Waals surface area (Å²) in [6.07, 6.45) is 0.608. The predicted octanol–water partition coefficient (Wildman–Crippen LogP) is 3.06. The van der Waals surface area contributed by atoms with E-state index in [2.05, 4.69) is 5.32 Å². The van der Waals surface area contributed by atoms with E-state index in [0.29, 0.717) is 30.2 Å². The van der Waals surface area contributed by atoms with Crippen molar-refractivity contribution in [2.45, 2.75) is 19.4 Å². The monoisotopic (exact) mass is 378 g/mol. The molecule has 0 saturated heterocycles. The molecule has 5 nitrogen and oxygen atoms in total. The lowest BCUT2D eigenvalue weighted by Gasteiger charge is -2.28. The molecule has 0 spiro atoms. The third-order valence-electron chi connectivity index (χ3n) is 4.18. The lowest BCUT2D eigenvalue weighted by molar-refractivity contribution is -0.115. The summed E-state index contributed by atoms with van der Waals surface area (Å²) >= 11 is 5.87. The van der Waals surface area contributed by atoms with Gasteiger partial charge in [0.25, 0.3) is 0 Å². The Bertz CT molecular complexity index is 883. The average molecular weight is 379 g/mol. The van der Waals surface area contributed by atoms with Crippen LogP contribution < -0.4 is 5.32 Å². The van der Waals surface area contributed by atoms with Gasteiger partial charge in [-0.25, -0.2) is 8.42 Å². The summed E-state index contributed by atoms with van der Waals surface area (Å²) < 4.78 is 26.5. The normalized spacial score (nSPS) is 14.8. The van der Waals surface area contributed by atoms with Gasteiger partial charge in [0.15, 0.2) is 0 Å². The number of rotatable bonds is 5. The molecule has 0 radical (unpaired) electrons. The third kappa shape index (κ3) is 4.60. The van der Waals surface area contributed by atoms with Gasteiger partial charge in [0.1, 0.15) is 0 Å². The van der Waals surface area contributed by atoms with E-state index in [1.807, 2.05) is 24.3 Å². The van der Waals surface area contributed by atoms with Crippen LogP contribution >= 0.6 is 11.6 Å². The number of carbonyl (C=O) groups is 1. The van der Waals surface area contributed by atoms with E-state index in [1.165, 1.54) is 9.87 Å². The maximum Gasteiger partial charge on any atom is 0.225 e. The number of hydrogen-bond donors (Lipinski definition) is 1. The highest BCUT2D eigenvalue weighted by atomic mass is 35.5. The molecule has 0 aliphatic carbocycles. The van der Waals surface area contributed by atoms with Crippen LogP contribution in [-0.2, 0) is 27.8 Å². The first-order chi connectivity index (χ1) is 11.9. The molecule has 0 aromatic heterocycles. The second-order valence-corrected chi connectivity index (χ2v) is 8.50. The highest BCUT2D eigenvalue weighted by Gasteiger charge is 2.26. The molecular weight excluding hydrogens is 360 g/mol. The maximum absolute atomic E-state index is 12.5. The minimum Gasteiger partial charge on any atom is -0.326 e. The van der Waals surface area contributed by atoms with Gasteiger partial charge in [0.05, 0.1) is 5.75 Å². The first-order valence-electron chi connectivity index (χ1n) is 8.04. The third-order valence-corrected chi connectivity index (χ3v) is 6.24. The van der Waals surface area contributed by atoms with Crippen LogP contribution in [0.1, 0.15) is 17.5 Å². The van der Waals surface area contributed by atoms with Crippen LogP contribution in [0.4, 0.5) is 5.69 Å². The fourth-order valence-electron chi connectivity index (χ4n) is 2.85. The Morgan fingerprint density at radius 1 is 1.12 bits per heavy atom. The zero-order valence-electron chi connectivity index (χ0n) is 13.6. The van der Waals surface area contributed by atoms with Crippen LogP contribution in [-0.4, -0.2) is 30.9 Å². The van der Waals surface area contributed by atoms with Gasteiger partial charge in [-0.1, -0.05) is 41.9 Å². The molecule has 0 fully saturated rings. The standard InChI is InChI=1S/C18H19ClN2O3S/c19-16-6-3-7-17(12-16)20-18(22)9-11-25(23,24)21-10-8-14-4-1-2-5-15(14)13-21/h1-7,12H,8-11,13H2,(H,20,22). The summed E-state index contributed by atoms with van der Waals surface area (Å²) in [7, 11) is -3.48. The van der Waals surface area contributed by atoms with Gasteiger partial charge in [-0.05, 0) is 35.7 Å². The molecule has 132 valence electrons. The van der Waals surface area contributed by atoms with Crippen molar-refractivity contribution >= 4 is 33.2 Å². The van der Waals surface area contributed by atoms with E-state index in [1.54, 1.807) is 24.3 Å². The SMILES string of the molecule is O=C(CCS(=O)(=O)N1CCc2ccccc2C1)Nc1cccc(Cl)c1. The first-order valence-corrected chi connectivity index (χ1v) is 10.0. The largest absolute Gasteiger partial charge is 0.326 e. The smallest absolute Gasteiger partial charge is 0.225 e.